The molecule has 0 radical (unpaired) electrons. The molecule has 1 atom stereocenters. The van der Waals surface area contributed by atoms with Crippen LogP contribution < -0.4 is 16.2 Å². The zero-order valence-corrected chi connectivity index (χ0v) is 16.9. The average molecular weight is 410 g/mol. The molecule has 1 saturated carbocycles. The third-order valence-corrected chi connectivity index (χ3v) is 5.99. The third-order valence-electron chi connectivity index (χ3n) is 5.64. The predicted molar refractivity (Wildman–Crippen MR) is 117 cm³/mol. The first kappa shape index (κ1) is 19.6. The van der Waals surface area contributed by atoms with Crippen LogP contribution in [0.4, 0.5) is 11.4 Å². The normalized spacial score (nSPS) is 18.0. The summed E-state index contributed by atoms with van der Waals surface area (Å²) in [7, 11) is 0. The zero-order valence-electron chi connectivity index (χ0n) is 16.1. The number of fused-ring (bicyclic) bond motifs is 1. The van der Waals surface area contributed by atoms with Crippen molar-refractivity contribution in [3.63, 3.8) is 0 Å². The molecule has 3 N–H and O–H groups in total. The van der Waals surface area contributed by atoms with Gasteiger partial charge in [0, 0.05) is 16.5 Å². The van der Waals surface area contributed by atoms with Crippen molar-refractivity contribution in [2.24, 2.45) is 10.1 Å². The number of hydrogen-bond donors (Lipinski definition) is 3. The van der Waals surface area contributed by atoms with Crippen molar-refractivity contribution < 1.29 is 0 Å². The van der Waals surface area contributed by atoms with E-state index in [1.165, 1.54) is 6.42 Å². The summed E-state index contributed by atoms with van der Waals surface area (Å²) in [6, 6.07) is 15.4. The summed E-state index contributed by atoms with van der Waals surface area (Å²) in [5, 5.41) is 8.12. The molecule has 0 aromatic heterocycles. The number of para-hydroxylation sites is 2. The Kier molecular flexibility index (Phi) is 5.90. The quantitative estimate of drug-likeness (QED) is 0.258. The Bertz CT molecular complexity index is 946. The Labute approximate surface area is 175 Å². The molecule has 1 unspecified atom stereocenters. The number of nitrogens with one attached hydrogen (secondary N) is 3. The van der Waals surface area contributed by atoms with Crippen molar-refractivity contribution in [3.8, 4) is 0 Å². The molecule has 2 aromatic carbocycles. The molecule has 2 aromatic rings. The van der Waals surface area contributed by atoms with E-state index in [4.69, 9.17) is 22.1 Å². The number of rotatable bonds is 5. The standard InChI is InChI=1S/C21H24ClN7/c22-16-9-3-2-8-15(16)19(14-24-29-23)27-28-20-21(12-6-1-7-13-21)26-18-11-5-4-10-17(18)25-20/h2-5,8-11,19,26-27H,1,6-7,12-14H2,(H,25,28). The molecule has 1 spiro atoms. The van der Waals surface area contributed by atoms with E-state index in [0.29, 0.717) is 5.02 Å². The van der Waals surface area contributed by atoms with Crippen molar-refractivity contribution in [1.82, 2.24) is 10.9 Å². The van der Waals surface area contributed by atoms with Gasteiger partial charge in [0.2, 0.25) is 0 Å². The molecule has 1 heterocycles. The van der Waals surface area contributed by atoms with Crippen LogP contribution in [0.3, 0.4) is 0 Å². The maximum atomic E-state index is 8.80. The first-order chi connectivity index (χ1) is 14.2. The molecule has 0 amide bonds. The molecule has 4 rings (SSSR count). The molecule has 7 nitrogen and oxygen atoms in total. The number of aliphatic imine (C=N–C) groups is 1. The van der Waals surface area contributed by atoms with Crippen LogP contribution >= 0.6 is 11.6 Å². The first-order valence-corrected chi connectivity index (χ1v) is 10.3. The van der Waals surface area contributed by atoms with Gasteiger partial charge >= 0.3 is 0 Å². The summed E-state index contributed by atoms with van der Waals surface area (Å²) in [6.07, 6.45) is 5.58. The summed E-state index contributed by atoms with van der Waals surface area (Å²) in [6.45, 7) is 0.234. The van der Waals surface area contributed by atoms with Gasteiger partial charge in [-0.2, -0.15) is 0 Å². The van der Waals surface area contributed by atoms with Crippen molar-refractivity contribution in [2.45, 2.75) is 43.7 Å². The van der Waals surface area contributed by atoms with E-state index in [1.54, 1.807) is 0 Å². The maximum Gasteiger partial charge on any atom is 0.142 e. The largest absolute Gasteiger partial charge is 0.371 e. The fourth-order valence-electron chi connectivity index (χ4n) is 4.14. The molecule has 150 valence electrons. The van der Waals surface area contributed by atoms with E-state index in [0.717, 1.165) is 48.5 Å². The van der Waals surface area contributed by atoms with E-state index in [1.807, 2.05) is 42.5 Å². The summed E-state index contributed by atoms with van der Waals surface area (Å²) >= 11 is 6.38. The zero-order chi connectivity index (χ0) is 20.1. The average Bonchev–Trinajstić information content (AvgIpc) is 2.75. The van der Waals surface area contributed by atoms with Gasteiger partial charge in [0.25, 0.3) is 0 Å². The minimum absolute atomic E-state index is 0.219. The fraction of sp³-hybridized carbons (Fsp3) is 0.381. The van der Waals surface area contributed by atoms with Gasteiger partial charge in [-0.15, -0.1) is 0 Å². The van der Waals surface area contributed by atoms with Crippen LogP contribution in [0.15, 0.2) is 58.6 Å². The molecule has 2 aliphatic rings. The Balaban J connectivity index is 1.62. The minimum Gasteiger partial charge on any atom is -0.371 e. The van der Waals surface area contributed by atoms with Gasteiger partial charge in [-0.1, -0.05) is 66.3 Å². The Morgan fingerprint density at radius 2 is 1.90 bits per heavy atom. The van der Waals surface area contributed by atoms with E-state index < -0.39 is 0 Å². The van der Waals surface area contributed by atoms with E-state index >= 15 is 0 Å². The lowest BCUT2D eigenvalue weighted by molar-refractivity contribution is 0.386. The van der Waals surface area contributed by atoms with Crippen LogP contribution in [0.25, 0.3) is 10.4 Å². The first-order valence-electron chi connectivity index (χ1n) is 9.95. The summed E-state index contributed by atoms with van der Waals surface area (Å²) in [4.78, 5) is 7.84. The van der Waals surface area contributed by atoms with Crippen LogP contribution in [0, 0.1) is 0 Å². The number of hydrazine groups is 1. The highest BCUT2D eigenvalue weighted by atomic mass is 35.5. The summed E-state index contributed by atoms with van der Waals surface area (Å²) < 4.78 is 0. The molecule has 8 heteroatoms. The van der Waals surface area contributed by atoms with Crippen LogP contribution in [-0.2, 0) is 0 Å². The molecule has 1 aliphatic heterocycles. The molecular formula is C21H24ClN7. The van der Waals surface area contributed by atoms with Gasteiger partial charge in [0.15, 0.2) is 0 Å². The minimum atomic E-state index is -0.278. The highest BCUT2D eigenvalue weighted by Crippen LogP contribution is 2.40. The van der Waals surface area contributed by atoms with E-state index in [9.17, 15) is 0 Å². The third kappa shape index (κ3) is 4.17. The van der Waals surface area contributed by atoms with E-state index in [-0.39, 0.29) is 18.1 Å². The highest BCUT2D eigenvalue weighted by Gasteiger charge is 2.40. The van der Waals surface area contributed by atoms with Gasteiger partial charge in [0.1, 0.15) is 5.84 Å². The van der Waals surface area contributed by atoms with Crippen LogP contribution in [0.5, 0.6) is 0 Å². The second-order valence-corrected chi connectivity index (χ2v) is 7.91. The van der Waals surface area contributed by atoms with Gasteiger partial charge in [-0.05, 0) is 42.1 Å². The molecule has 0 bridgehead atoms. The second-order valence-electron chi connectivity index (χ2n) is 7.50. The second kappa shape index (κ2) is 8.74. The van der Waals surface area contributed by atoms with E-state index in [2.05, 4.69) is 32.3 Å². The number of halogens is 1. The Morgan fingerprint density at radius 3 is 2.69 bits per heavy atom. The number of hydrogen-bond acceptors (Lipinski definition) is 5. The van der Waals surface area contributed by atoms with Crippen LogP contribution in [0.2, 0.25) is 5.02 Å². The van der Waals surface area contributed by atoms with Crippen LogP contribution in [0.1, 0.15) is 43.7 Å². The number of amidine groups is 1. The lowest BCUT2D eigenvalue weighted by atomic mass is 9.79. The van der Waals surface area contributed by atoms with Gasteiger partial charge < -0.3 is 10.7 Å². The molecule has 1 aliphatic carbocycles. The van der Waals surface area contributed by atoms with Gasteiger partial charge in [0.05, 0.1) is 23.0 Å². The van der Waals surface area contributed by atoms with Gasteiger partial charge in [-0.25, -0.2) is 10.4 Å². The number of azide groups is 1. The topological polar surface area (TPSA) is 97.2 Å². The number of nitrogens with zero attached hydrogens (tertiary/aromatic N) is 4. The number of benzene rings is 2. The van der Waals surface area contributed by atoms with Crippen molar-refractivity contribution in [2.75, 3.05) is 11.9 Å². The highest BCUT2D eigenvalue weighted by molar-refractivity contribution is 6.31. The summed E-state index contributed by atoms with van der Waals surface area (Å²) in [5.74, 6) is 0.869. The Hall–Kier alpha value is -2.73. The van der Waals surface area contributed by atoms with Gasteiger partial charge in [-0.3, -0.25) is 0 Å². The smallest absolute Gasteiger partial charge is 0.142 e. The molecule has 0 saturated heterocycles. The lowest BCUT2D eigenvalue weighted by Crippen LogP contribution is -2.58. The van der Waals surface area contributed by atoms with Crippen molar-refractivity contribution >= 4 is 28.8 Å². The Morgan fingerprint density at radius 1 is 1.14 bits per heavy atom. The fourth-order valence-corrected chi connectivity index (χ4v) is 4.41. The molecule has 1 fully saturated rings. The maximum absolute atomic E-state index is 8.80. The lowest BCUT2D eigenvalue weighted by Gasteiger charge is -2.43. The summed E-state index contributed by atoms with van der Waals surface area (Å²) in [5.41, 5.74) is 18.1. The predicted octanol–water partition coefficient (Wildman–Crippen LogP) is 5.64. The van der Waals surface area contributed by atoms with Crippen molar-refractivity contribution in [1.29, 1.82) is 0 Å². The van der Waals surface area contributed by atoms with Crippen molar-refractivity contribution in [3.05, 3.63) is 69.6 Å². The SMILES string of the molecule is [N-]=[N+]=NCC(NNC1=Nc2ccccc2NC12CCCCC2)c1ccccc1Cl. The number of anilines is 1. The van der Waals surface area contributed by atoms with Crippen LogP contribution in [-0.4, -0.2) is 17.9 Å². The molecule has 29 heavy (non-hydrogen) atoms. The molecular weight excluding hydrogens is 386 g/mol. The monoisotopic (exact) mass is 409 g/mol.